The molecule has 1 saturated heterocycles. The zero-order chi connectivity index (χ0) is 26.4. The van der Waals surface area contributed by atoms with Crippen LogP contribution in [0.1, 0.15) is 52.5 Å². The Morgan fingerprint density at radius 2 is 1.65 bits per heavy atom. The normalized spacial score (nSPS) is 16.7. The van der Waals surface area contributed by atoms with Crippen molar-refractivity contribution in [1.29, 1.82) is 0 Å². The van der Waals surface area contributed by atoms with Crippen molar-refractivity contribution < 1.29 is 4.92 Å². The minimum atomic E-state index is -2.36. The molecule has 0 spiro atoms. The molecule has 2 heterocycles. The van der Waals surface area contributed by atoms with Crippen LogP contribution in [0.4, 0.5) is 11.4 Å². The summed E-state index contributed by atoms with van der Waals surface area (Å²) in [7, 11) is -2.36. The number of non-ortho nitro benzene ring substituents is 1. The SMILES string of the molecule is CCn1c2ccccc2c2cc(P(=Nc3cc([N+](=O)[O-])ccc3C)(N3CCCCC3)C(C)(C)C)ccc21. The number of hydrogen-bond donors (Lipinski definition) is 0. The van der Waals surface area contributed by atoms with Gasteiger partial charge in [0.1, 0.15) is 0 Å². The van der Waals surface area contributed by atoms with E-state index in [1.807, 2.05) is 13.0 Å². The van der Waals surface area contributed by atoms with Gasteiger partial charge in [0.2, 0.25) is 0 Å². The smallest absolute Gasteiger partial charge is 0.271 e. The van der Waals surface area contributed by atoms with Crippen LogP contribution >= 0.6 is 7.21 Å². The van der Waals surface area contributed by atoms with Gasteiger partial charge < -0.3 is 4.57 Å². The molecular formula is C30H37N4O2P. The average Bonchev–Trinajstić information content (AvgIpc) is 3.21. The molecule has 0 bridgehead atoms. The fourth-order valence-corrected chi connectivity index (χ4v) is 10.4. The van der Waals surface area contributed by atoms with Gasteiger partial charge in [0, 0.05) is 64.0 Å². The van der Waals surface area contributed by atoms with E-state index < -0.39 is 7.21 Å². The zero-order valence-electron chi connectivity index (χ0n) is 22.6. The number of fused-ring (bicyclic) bond motifs is 3. The van der Waals surface area contributed by atoms with Crippen LogP contribution in [0, 0.1) is 17.0 Å². The van der Waals surface area contributed by atoms with Crippen molar-refractivity contribution in [1.82, 2.24) is 9.24 Å². The first kappa shape index (κ1) is 25.7. The number of para-hydroxylation sites is 1. The fourth-order valence-electron chi connectivity index (χ4n) is 5.96. The van der Waals surface area contributed by atoms with E-state index in [2.05, 4.69) is 79.4 Å². The van der Waals surface area contributed by atoms with Crippen molar-refractivity contribution in [3.63, 3.8) is 0 Å². The number of aromatic nitrogens is 1. The molecule has 0 amide bonds. The zero-order valence-corrected chi connectivity index (χ0v) is 23.5. The summed E-state index contributed by atoms with van der Waals surface area (Å²) in [4.78, 5) is 11.3. The molecule has 37 heavy (non-hydrogen) atoms. The molecule has 3 aromatic carbocycles. The van der Waals surface area contributed by atoms with Crippen LogP contribution in [0.2, 0.25) is 0 Å². The van der Waals surface area contributed by atoms with Gasteiger partial charge in [-0.3, -0.25) is 14.8 Å². The summed E-state index contributed by atoms with van der Waals surface area (Å²) in [5.74, 6) is 0. The van der Waals surface area contributed by atoms with Crippen molar-refractivity contribution in [2.75, 3.05) is 13.1 Å². The second kappa shape index (κ2) is 9.74. The summed E-state index contributed by atoms with van der Waals surface area (Å²) in [6.45, 7) is 14.0. The van der Waals surface area contributed by atoms with Crippen molar-refractivity contribution in [3.8, 4) is 0 Å². The maximum atomic E-state index is 11.7. The van der Waals surface area contributed by atoms with E-state index in [0.29, 0.717) is 0 Å². The van der Waals surface area contributed by atoms with E-state index in [1.54, 1.807) is 12.1 Å². The van der Waals surface area contributed by atoms with Gasteiger partial charge in [0.25, 0.3) is 5.69 Å². The summed E-state index contributed by atoms with van der Waals surface area (Å²) in [5, 5.41) is 15.3. The summed E-state index contributed by atoms with van der Waals surface area (Å²) in [6.07, 6.45) is 3.54. The van der Waals surface area contributed by atoms with Crippen LogP contribution in [0.5, 0.6) is 0 Å². The first-order valence-electron chi connectivity index (χ1n) is 13.3. The lowest BCUT2D eigenvalue weighted by atomic mass is 10.1. The van der Waals surface area contributed by atoms with Gasteiger partial charge in [-0.25, -0.2) is 4.74 Å². The molecule has 5 rings (SSSR count). The highest BCUT2D eigenvalue weighted by molar-refractivity contribution is 7.73. The number of rotatable bonds is 5. The van der Waals surface area contributed by atoms with E-state index >= 15 is 0 Å². The van der Waals surface area contributed by atoms with Crippen LogP contribution in [0.15, 0.2) is 65.4 Å². The number of piperidine rings is 1. The third-order valence-electron chi connectivity index (χ3n) is 7.77. The molecule has 194 valence electrons. The summed E-state index contributed by atoms with van der Waals surface area (Å²) in [6, 6.07) is 20.7. The quantitative estimate of drug-likeness (QED) is 0.152. The number of hydrogen-bond acceptors (Lipinski definition) is 3. The van der Waals surface area contributed by atoms with Gasteiger partial charge in [-0.05, 0) is 56.5 Å². The molecule has 7 heteroatoms. The minimum absolute atomic E-state index is 0.0940. The molecule has 1 aromatic heterocycles. The van der Waals surface area contributed by atoms with Crippen LogP contribution in [-0.2, 0) is 6.54 Å². The Labute approximate surface area is 219 Å². The highest BCUT2D eigenvalue weighted by Gasteiger charge is 2.42. The summed E-state index contributed by atoms with van der Waals surface area (Å²) >= 11 is 0. The average molecular weight is 517 g/mol. The first-order chi connectivity index (χ1) is 17.7. The highest BCUT2D eigenvalue weighted by atomic mass is 31.2. The van der Waals surface area contributed by atoms with Crippen LogP contribution in [0.25, 0.3) is 21.8 Å². The number of nitro benzene ring substituents is 1. The summed E-state index contributed by atoms with van der Waals surface area (Å²) < 4.78 is 10.7. The minimum Gasteiger partial charge on any atom is -0.341 e. The molecule has 1 aliphatic rings. The Kier molecular flexibility index (Phi) is 6.76. The third-order valence-corrected chi connectivity index (χ3v) is 12.4. The van der Waals surface area contributed by atoms with Crippen LogP contribution < -0.4 is 5.30 Å². The maximum absolute atomic E-state index is 11.7. The highest BCUT2D eigenvalue weighted by Crippen LogP contribution is 2.65. The lowest BCUT2D eigenvalue weighted by Crippen LogP contribution is -2.39. The molecule has 1 aliphatic heterocycles. The van der Waals surface area contributed by atoms with Crippen LogP contribution in [0.3, 0.4) is 0 Å². The van der Waals surface area contributed by atoms with Crippen molar-refractivity contribution in [2.45, 2.75) is 65.6 Å². The molecule has 1 unspecified atom stereocenters. The van der Waals surface area contributed by atoms with E-state index in [0.717, 1.165) is 43.7 Å². The predicted molar refractivity (Wildman–Crippen MR) is 157 cm³/mol. The van der Waals surface area contributed by atoms with Crippen LogP contribution in [-0.4, -0.2) is 32.4 Å². The van der Waals surface area contributed by atoms with Crippen molar-refractivity contribution >= 4 is 45.7 Å². The van der Waals surface area contributed by atoms with E-state index in [-0.39, 0.29) is 15.8 Å². The number of aryl methyl sites for hydroxylation is 2. The lowest BCUT2D eigenvalue weighted by molar-refractivity contribution is -0.384. The topological polar surface area (TPSA) is 63.7 Å². The predicted octanol–water partition coefficient (Wildman–Crippen LogP) is 8.39. The molecule has 4 aromatic rings. The van der Waals surface area contributed by atoms with E-state index in [4.69, 9.17) is 4.74 Å². The van der Waals surface area contributed by atoms with Gasteiger partial charge in [-0.1, -0.05) is 51.5 Å². The monoisotopic (exact) mass is 516 g/mol. The molecule has 0 aliphatic carbocycles. The van der Waals surface area contributed by atoms with Gasteiger partial charge in [0.05, 0.1) is 17.8 Å². The molecule has 1 fully saturated rings. The molecule has 1 atom stereocenters. The van der Waals surface area contributed by atoms with Gasteiger partial charge in [-0.2, -0.15) is 0 Å². The van der Waals surface area contributed by atoms with E-state index in [9.17, 15) is 10.1 Å². The molecule has 0 saturated carbocycles. The Morgan fingerprint density at radius 1 is 0.946 bits per heavy atom. The Hall–Kier alpha value is -2.95. The van der Waals surface area contributed by atoms with Crippen molar-refractivity contribution in [3.05, 3.63) is 76.3 Å². The molecular weight excluding hydrogens is 479 g/mol. The Balaban J connectivity index is 1.88. The fraction of sp³-hybridized carbons (Fsp3) is 0.400. The summed E-state index contributed by atoms with van der Waals surface area (Å²) in [5.41, 5.74) is 4.29. The third kappa shape index (κ3) is 4.30. The molecule has 6 nitrogen and oxygen atoms in total. The van der Waals surface area contributed by atoms with Gasteiger partial charge >= 0.3 is 0 Å². The van der Waals surface area contributed by atoms with Gasteiger partial charge in [-0.15, -0.1) is 0 Å². The largest absolute Gasteiger partial charge is 0.341 e. The van der Waals surface area contributed by atoms with Crippen molar-refractivity contribution in [2.24, 2.45) is 4.74 Å². The second-order valence-electron chi connectivity index (χ2n) is 11.1. The first-order valence-corrected chi connectivity index (χ1v) is 15.0. The second-order valence-corrected chi connectivity index (χ2v) is 14.9. The number of benzene rings is 3. The Bertz CT molecular complexity index is 1540. The van der Waals surface area contributed by atoms with Gasteiger partial charge in [0.15, 0.2) is 0 Å². The standard InChI is InChI=1S/C30H37N4O2P/c1-6-33-28-13-9-8-12-25(28)26-21-24(16-17-29(26)33)37(30(3,4)5,32-18-10-7-11-19-32)31-27-20-23(34(35)36)15-14-22(27)2/h8-9,12-17,20-21H,6-7,10-11,18-19H2,1-5H3. The Morgan fingerprint density at radius 3 is 2.32 bits per heavy atom. The molecule has 0 N–H and O–H groups in total. The number of nitro groups is 1. The number of nitrogens with zero attached hydrogens (tertiary/aromatic N) is 4. The lowest BCUT2D eigenvalue weighted by Gasteiger charge is -2.47. The maximum Gasteiger partial charge on any atom is 0.271 e. The molecule has 0 radical (unpaired) electrons. The van der Waals surface area contributed by atoms with E-state index in [1.165, 1.54) is 33.5 Å².